The number of aliphatic imine (C=N–C) groups is 1. The number of aryl methyl sites for hydroxylation is 1. The van der Waals surface area contributed by atoms with Gasteiger partial charge in [-0.1, -0.05) is 24.3 Å². The predicted octanol–water partition coefficient (Wildman–Crippen LogP) is 2.50. The highest BCUT2D eigenvalue weighted by atomic mass is 16.4. The lowest BCUT2D eigenvalue weighted by molar-refractivity contribution is -0.135. The van der Waals surface area contributed by atoms with E-state index in [4.69, 9.17) is 10.4 Å². The molecule has 0 bridgehead atoms. The number of nitrogens with zero attached hydrogens (tertiary/aromatic N) is 2. The van der Waals surface area contributed by atoms with Gasteiger partial charge >= 0.3 is 5.97 Å². The van der Waals surface area contributed by atoms with E-state index in [1.165, 1.54) is 11.1 Å². The van der Waals surface area contributed by atoms with Gasteiger partial charge in [-0.15, -0.1) is 0 Å². The summed E-state index contributed by atoms with van der Waals surface area (Å²) in [7, 11) is 0. The van der Waals surface area contributed by atoms with Crippen molar-refractivity contribution in [1.29, 1.82) is 5.26 Å². The standard InChI is InChI=1S/C19H18N4O2/c20-11-13-5-8-15(9-6-13)22-19(21-12-18(24)25)23-17-10-7-14-3-1-2-4-16(14)17/h1-6,8-9,17H,7,10,12H2,(H,24,25)(H2,21,22,23). The Morgan fingerprint density at radius 3 is 2.72 bits per heavy atom. The van der Waals surface area contributed by atoms with E-state index >= 15 is 0 Å². The monoisotopic (exact) mass is 334 g/mol. The molecule has 6 heteroatoms. The van der Waals surface area contributed by atoms with Crippen LogP contribution in [-0.4, -0.2) is 23.6 Å². The van der Waals surface area contributed by atoms with Crippen molar-refractivity contribution >= 4 is 17.6 Å². The van der Waals surface area contributed by atoms with E-state index in [0.717, 1.165) is 12.8 Å². The smallest absolute Gasteiger partial charge is 0.322 e. The zero-order valence-electron chi connectivity index (χ0n) is 13.6. The van der Waals surface area contributed by atoms with Crippen molar-refractivity contribution in [3.63, 3.8) is 0 Å². The molecule has 1 unspecified atom stereocenters. The molecule has 0 fully saturated rings. The maximum Gasteiger partial charge on any atom is 0.322 e. The molecule has 3 rings (SSSR count). The zero-order valence-corrected chi connectivity index (χ0v) is 13.6. The molecule has 0 spiro atoms. The molecule has 1 aliphatic carbocycles. The summed E-state index contributed by atoms with van der Waals surface area (Å²) >= 11 is 0. The summed E-state index contributed by atoms with van der Waals surface area (Å²) < 4.78 is 0. The number of hydrogen-bond acceptors (Lipinski definition) is 3. The number of fused-ring (bicyclic) bond motifs is 1. The molecule has 0 radical (unpaired) electrons. The Labute approximate surface area is 145 Å². The molecule has 0 heterocycles. The van der Waals surface area contributed by atoms with E-state index in [1.54, 1.807) is 24.3 Å². The molecular formula is C19H18N4O2. The van der Waals surface area contributed by atoms with Gasteiger partial charge in [0, 0.05) is 0 Å². The lowest BCUT2D eigenvalue weighted by Crippen LogP contribution is -2.41. The molecule has 2 aromatic carbocycles. The first-order chi connectivity index (χ1) is 12.2. The van der Waals surface area contributed by atoms with Crippen molar-refractivity contribution in [1.82, 2.24) is 10.6 Å². The molecule has 1 aliphatic rings. The second kappa shape index (κ2) is 7.49. The van der Waals surface area contributed by atoms with Crippen molar-refractivity contribution < 1.29 is 9.90 Å². The van der Waals surface area contributed by atoms with Crippen LogP contribution in [0, 0.1) is 11.3 Å². The quantitative estimate of drug-likeness (QED) is 0.589. The summed E-state index contributed by atoms with van der Waals surface area (Å²) in [6, 6.07) is 17.2. The number of hydrogen-bond donors (Lipinski definition) is 3. The summed E-state index contributed by atoms with van der Waals surface area (Å²) in [4.78, 5) is 15.4. The first-order valence-electron chi connectivity index (χ1n) is 8.04. The Balaban J connectivity index is 1.81. The van der Waals surface area contributed by atoms with Crippen LogP contribution >= 0.6 is 0 Å². The highest BCUT2D eigenvalue weighted by Crippen LogP contribution is 2.30. The summed E-state index contributed by atoms with van der Waals surface area (Å²) in [6.07, 6.45) is 1.91. The van der Waals surface area contributed by atoms with Gasteiger partial charge in [-0.2, -0.15) is 5.26 Å². The summed E-state index contributed by atoms with van der Waals surface area (Å²) in [6.45, 7) is -0.226. The number of rotatable bonds is 4. The fraction of sp³-hybridized carbons (Fsp3) is 0.211. The highest BCUT2D eigenvalue weighted by Gasteiger charge is 2.22. The average molecular weight is 334 g/mol. The van der Waals surface area contributed by atoms with Crippen LogP contribution < -0.4 is 10.6 Å². The van der Waals surface area contributed by atoms with Crippen LogP contribution in [0.4, 0.5) is 5.69 Å². The molecule has 0 aromatic heterocycles. The first kappa shape index (κ1) is 16.5. The predicted molar refractivity (Wildman–Crippen MR) is 94.5 cm³/mol. The number of carboxylic acid groups (broad SMARTS) is 1. The SMILES string of the molecule is N#Cc1ccc(N=C(NCC(=O)O)NC2CCc3ccccc32)cc1. The average Bonchev–Trinajstić information content (AvgIpc) is 3.03. The third-order valence-corrected chi connectivity index (χ3v) is 4.09. The topological polar surface area (TPSA) is 97.5 Å². The molecule has 25 heavy (non-hydrogen) atoms. The fourth-order valence-corrected chi connectivity index (χ4v) is 2.89. The van der Waals surface area contributed by atoms with E-state index in [0.29, 0.717) is 17.2 Å². The Bertz CT molecular complexity index is 837. The highest BCUT2D eigenvalue weighted by molar-refractivity contribution is 5.86. The van der Waals surface area contributed by atoms with Crippen LogP contribution in [0.3, 0.4) is 0 Å². The minimum Gasteiger partial charge on any atom is -0.480 e. The molecule has 126 valence electrons. The first-order valence-corrected chi connectivity index (χ1v) is 8.04. The Morgan fingerprint density at radius 2 is 2.00 bits per heavy atom. The number of carbonyl (C=O) groups is 1. The van der Waals surface area contributed by atoms with Gasteiger partial charge in [0.05, 0.1) is 23.4 Å². The molecule has 0 aliphatic heterocycles. The number of nitrogens with one attached hydrogen (secondary N) is 2. The number of nitriles is 1. The molecule has 0 amide bonds. The Kier molecular flexibility index (Phi) is 4.95. The van der Waals surface area contributed by atoms with Gasteiger partial charge < -0.3 is 15.7 Å². The maximum absolute atomic E-state index is 10.9. The largest absolute Gasteiger partial charge is 0.480 e. The van der Waals surface area contributed by atoms with Gasteiger partial charge in [0.1, 0.15) is 6.54 Å². The van der Waals surface area contributed by atoms with Gasteiger partial charge in [-0.3, -0.25) is 4.79 Å². The Hall–Kier alpha value is -3.33. The van der Waals surface area contributed by atoms with Crippen molar-refractivity contribution in [3.05, 3.63) is 65.2 Å². The third-order valence-electron chi connectivity index (χ3n) is 4.09. The van der Waals surface area contributed by atoms with Crippen molar-refractivity contribution in [2.24, 2.45) is 4.99 Å². The fourth-order valence-electron chi connectivity index (χ4n) is 2.89. The van der Waals surface area contributed by atoms with E-state index in [2.05, 4.69) is 33.8 Å². The molecule has 0 saturated carbocycles. The lowest BCUT2D eigenvalue weighted by atomic mass is 10.1. The molecule has 0 saturated heterocycles. The number of benzene rings is 2. The van der Waals surface area contributed by atoms with E-state index < -0.39 is 5.97 Å². The Morgan fingerprint density at radius 1 is 1.24 bits per heavy atom. The van der Waals surface area contributed by atoms with E-state index in [1.807, 2.05) is 12.1 Å². The van der Waals surface area contributed by atoms with Gasteiger partial charge in [0.2, 0.25) is 0 Å². The van der Waals surface area contributed by atoms with Gasteiger partial charge in [-0.25, -0.2) is 4.99 Å². The maximum atomic E-state index is 10.9. The van der Waals surface area contributed by atoms with Gasteiger partial charge in [0.15, 0.2) is 5.96 Å². The molecule has 2 aromatic rings. The third kappa shape index (κ3) is 4.15. The lowest BCUT2D eigenvalue weighted by Gasteiger charge is -2.18. The zero-order chi connectivity index (χ0) is 17.6. The number of guanidine groups is 1. The molecule has 6 nitrogen and oxygen atoms in total. The van der Waals surface area contributed by atoms with Crippen molar-refractivity contribution in [2.45, 2.75) is 18.9 Å². The second-order valence-corrected chi connectivity index (χ2v) is 5.80. The molecule has 1 atom stereocenters. The minimum atomic E-state index is -0.957. The van der Waals surface area contributed by atoms with E-state index in [9.17, 15) is 4.79 Å². The summed E-state index contributed by atoms with van der Waals surface area (Å²) in [5.74, 6) is -0.546. The van der Waals surface area contributed by atoms with Crippen LogP contribution in [0.15, 0.2) is 53.5 Å². The van der Waals surface area contributed by atoms with Crippen LogP contribution in [0.25, 0.3) is 0 Å². The van der Waals surface area contributed by atoms with Crippen molar-refractivity contribution in [2.75, 3.05) is 6.54 Å². The van der Waals surface area contributed by atoms with E-state index in [-0.39, 0.29) is 12.6 Å². The van der Waals surface area contributed by atoms with Crippen LogP contribution in [-0.2, 0) is 11.2 Å². The van der Waals surface area contributed by atoms with Crippen LogP contribution in [0.2, 0.25) is 0 Å². The number of carboxylic acids is 1. The van der Waals surface area contributed by atoms with Gasteiger partial charge in [0.25, 0.3) is 0 Å². The number of aliphatic carboxylic acids is 1. The molecule has 3 N–H and O–H groups in total. The second-order valence-electron chi connectivity index (χ2n) is 5.80. The van der Waals surface area contributed by atoms with Crippen LogP contribution in [0.5, 0.6) is 0 Å². The minimum absolute atomic E-state index is 0.0922. The normalized spacial score (nSPS) is 16.0. The van der Waals surface area contributed by atoms with Crippen molar-refractivity contribution in [3.8, 4) is 6.07 Å². The molecular weight excluding hydrogens is 316 g/mol. The van der Waals surface area contributed by atoms with Gasteiger partial charge in [-0.05, 0) is 48.2 Å². The summed E-state index contributed by atoms with van der Waals surface area (Å²) in [5.41, 5.74) is 3.71. The van der Waals surface area contributed by atoms with Crippen LogP contribution in [0.1, 0.15) is 29.2 Å². The summed E-state index contributed by atoms with van der Waals surface area (Å²) in [5, 5.41) is 23.9.